The average Bonchev–Trinajstić information content (AvgIpc) is 3.24. The molecule has 1 amide bonds. The van der Waals surface area contributed by atoms with Gasteiger partial charge in [0, 0.05) is 17.5 Å². The zero-order valence-electron chi connectivity index (χ0n) is 17.7. The molecule has 0 fully saturated rings. The Morgan fingerprint density at radius 1 is 1.09 bits per heavy atom. The fraction of sp³-hybridized carbons (Fsp3) is 0.261. The van der Waals surface area contributed by atoms with E-state index in [-0.39, 0.29) is 29.7 Å². The molecule has 0 radical (unpaired) electrons. The molecule has 3 rings (SSSR count). The number of amides is 1. The molecule has 3 aromatic rings. The second kappa shape index (κ2) is 11.6. The maximum absolute atomic E-state index is 13.0. The van der Waals surface area contributed by atoms with Gasteiger partial charge in [0.1, 0.15) is 5.82 Å². The van der Waals surface area contributed by atoms with Crippen molar-refractivity contribution >= 4 is 34.8 Å². The molecule has 0 bridgehead atoms. The molecule has 32 heavy (non-hydrogen) atoms. The average molecular weight is 475 g/mol. The first-order valence-electron chi connectivity index (χ1n) is 9.82. The van der Waals surface area contributed by atoms with Crippen LogP contribution in [-0.4, -0.2) is 43.2 Å². The van der Waals surface area contributed by atoms with E-state index in [0.717, 1.165) is 5.56 Å². The van der Waals surface area contributed by atoms with Gasteiger partial charge in [-0.25, -0.2) is 9.37 Å². The van der Waals surface area contributed by atoms with Gasteiger partial charge in [-0.3, -0.25) is 9.59 Å². The number of ether oxygens (including phenoxy) is 2. The molecule has 0 atom stereocenters. The first-order chi connectivity index (χ1) is 15.5. The summed E-state index contributed by atoms with van der Waals surface area (Å²) in [6, 6.07) is 11.1. The number of ketones is 1. The Morgan fingerprint density at radius 3 is 2.56 bits per heavy atom. The number of hydrogen-bond acceptors (Lipinski definition) is 7. The third-order valence-corrected chi connectivity index (χ3v) is 6.62. The molecule has 0 unspecified atom stereocenters. The Labute approximate surface area is 194 Å². The Kier molecular flexibility index (Phi) is 8.64. The number of hydrogen-bond donors (Lipinski definition) is 1. The van der Waals surface area contributed by atoms with Gasteiger partial charge in [0.25, 0.3) is 0 Å². The minimum atomic E-state index is -0.374. The zero-order chi connectivity index (χ0) is 22.9. The highest BCUT2D eigenvalue weighted by atomic mass is 32.2. The van der Waals surface area contributed by atoms with Gasteiger partial charge < -0.3 is 14.8 Å². The first kappa shape index (κ1) is 23.7. The molecular formula is C23H23FN2O4S2. The van der Waals surface area contributed by atoms with Crippen molar-refractivity contribution in [1.82, 2.24) is 10.3 Å². The second-order valence-electron chi connectivity index (χ2n) is 6.79. The number of thioether (sulfide) groups is 1. The largest absolute Gasteiger partial charge is 0.493 e. The lowest BCUT2D eigenvalue weighted by atomic mass is 10.1. The molecule has 0 spiro atoms. The normalized spacial score (nSPS) is 10.6. The fourth-order valence-electron chi connectivity index (χ4n) is 2.89. The summed E-state index contributed by atoms with van der Waals surface area (Å²) >= 11 is 2.70. The van der Waals surface area contributed by atoms with E-state index in [1.54, 1.807) is 14.2 Å². The standard InChI is InChI=1S/C23H23FN2O4S2/c1-29-20-8-3-15(11-21(20)30-2)9-10-25-22(28)12-18-13-31-23(26-18)32-14-19(27)16-4-6-17(24)7-5-16/h3-8,11,13H,9-10,12,14H2,1-2H3,(H,25,28). The van der Waals surface area contributed by atoms with Gasteiger partial charge in [-0.1, -0.05) is 17.8 Å². The number of carbonyl (C=O) groups excluding carboxylic acids is 2. The van der Waals surface area contributed by atoms with Crippen molar-refractivity contribution in [2.75, 3.05) is 26.5 Å². The summed E-state index contributed by atoms with van der Waals surface area (Å²) in [6.45, 7) is 0.492. The molecule has 6 nitrogen and oxygen atoms in total. The van der Waals surface area contributed by atoms with Crippen molar-refractivity contribution in [1.29, 1.82) is 0 Å². The number of halogens is 1. The van der Waals surface area contributed by atoms with E-state index in [4.69, 9.17) is 9.47 Å². The molecule has 0 aliphatic carbocycles. The van der Waals surface area contributed by atoms with Crippen molar-refractivity contribution < 1.29 is 23.5 Å². The van der Waals surface area contributed by atoms with Crippen molar-refractivity contribution in [3.63, 3.8) is 0 Å². The number of carbonyl (C=O) groups is 2. The molecule has 1 aromatic heterocycles. The minimum absolute atomic E-state index is 0.0975. The van der Waals surface area contributed by atoms with Crippen LogP contribution in [0.25, 0.3) is 0 Å². The molecule has 0 saturated carbocycles. The summed E-state index contributed by atoms with van der Waals surface area (Å²) in [5.41, 5.74) is 2.15. The number of methoxy groups -OCH3 is 2. The Bertz CT molecular complexity index is 1070. The van der Waals surface area contributed by atoms with Gasteiger partial charge >= 0.3 is 0 Å². The number of nitrogens with zero attached hydrogens (tertiary/aromatic N) is 1. The highest BCUT2D eigenvalue weighted by Gasteiger charge is 2.12. The SMILES string of the molecule is COc1ccc(CCNC(=O)Cc2csc(SCC(=O)c3ccc(F)cc3)n2)cc1OC. The number of thiazole rings is 1. The summed E-state index contributed by atoms with van der Waals surface area (Å²) in [6.07, 6.45) is 0.838. The monoisotopic (exact) mass is 474 g/mol. The minimum Gasteiger partial charge on any atom is -0.493 e. The van der Waals surface area contributed by atoms with Gasteiger partial charge in [0.15, 0.2) is 21.6 Å². The lowest BCUT2D eigenvalue weighted by Gasteiger charge is -2.10. The van der Waals surface area contributed by atoms with Crippen LogP contribution in [0.3, 0.4) is 0 Å². The Balaban J connectivity index is 1.42. The quantitative estimate of drug-likeness (QED) is 0.332. The lowest BCUT2D eigenvalue weighted by Crippen LogP contribution is -2.27. The van der Waals surface area contributed by atoms with Crippen molar-refractivity contribution in [2.45, 2.75) is 17.2 Å². The van der Waals surface area contributed by atoms with Crippen LogP contribution in [0.1, 0.15) is 21.6 Å². The molecule has 0 saturated heterocycles. The van der Waals surface area contributed by atoms with Crippen molar-refractivity contribution in [2.24, 2.45) is 0 Å². The van der Waals surface area contributed by atoms with E-state index < -0.39 is 0 Å². The highest BCUT2D eigenvalue weighted by Crippen LogP contribution is 2.27. The molecule has 1 N–H and O–H groups in total. The van der Waals surface area contributed by atoms with Crippen LogP contribution in [0.2, 0.25) is 0 Å². The van der Waals surface area contributed by atoms with Gasteiger partial charge in [-0.15, -0.1) is 11.3 Å². The van der Waals surface area contributed by atoms with Crippen molar-refractivity contribution in [3.05, 3.63) is 70.5 Å². The van der Waals surface area contributed by atoms with E-state index in [2.05, 4.69) is 10.3 Å². The predicted molar refractivity (Wildman–Crippen MR) is 124 cm³/mol. The molecular weight excluding hydrogens is 451 g/mol. The molecule has 2 aromatic carbocycles. The number of aromatic nitrogens is 1. The highest BCUT2D eigenvalue weighted by molar-refractivity contribution is 8.01. The molecule has 1 heterocycles. The summed E-state index contributed by atoms with van der Waals surface area (Å²) in [5.74, 6) is 0.935. The van der Waals surface area contributed by atoms with E-state index in [1.807, 2.05) is 23.6 Å². The summed E-state index contributed by atoms with van der Waals surface area (Å²) in [5, 5.41) is 4.71. The van der Waals surface area contributed by atoms with Crippen LogP contribution in [0, 0.1) is 5.82 Å². The van der Waals surface area contributed by atoms with Crippen molar-refractivity contribution in [3.8, 4) is 11.5 Å². The Hall–Kier alpha value is -2.91. The van der Waals surface area contributed by atoms with Crippen LogP contribution in [-0.2, 0) is 17.6 Å². The smallest absolute Gasteiger partial charge is 0.226 e. The van der Waals surface area contributed by atoms with Gasteiger partial charge in [-0.2, -0.15) is 0 Å². The fourth-order valence-corrected chi connectivity index (χ4v) is 4.63. The lowest BCUT2D eigenvalue weighted by molar-refractivity contribution is -0.120. The number of rotatable bonds is 11. The number of Topliss-reactive ketones (excluding diaryl/α,β-unsaturated/α-hetero) is 1. The van der Waals surface area contributed by atoms with E-state index in [9.17, 15) is 14.0 Å². The molecule has 0 aliphatic heterocycles. The van der Waals surface area contributed by atoms with Crippen LogP contribution < -0.4 is 14.8 Å². The van der Waals surface area contributed by atoms with Gasteiger partial charge in [0.05, 0.1) is 32.1 Å². The topological polar surface area (TPSA) is 77.5 Å². The van der Waals surface area contributed by atoms with Gasteiger partial charge in [0.2, 0.25) is 5.91 Å². The third-order valence-electron chi connectivity index (χ3n) is 4.55. The third kappa shape index (κ3) is 6.80. The zero-order valence-corrected chi connectivity index (χ0v) is 19.4. The van der Waals surface area contributed by atoms with Crippen LogP contribution in [0.15, 0.2) is 52.2 Å². The number of nitrogens with one attached hydrogen (secondary N) is 1. The van der Waals surface area contributed by atoms with E-state index >= 15 is 0 Å². The van der Waals surface area contributed by atoms with Crippen LogP contribution >= 0.6 is 23.1 Å². The van der Waals surface area contributed by atoms with Crippen LogP contribution in [0.4, 0.5) is 4.39 Å². The maximum atomic E-state index is 13.0. The van der Waals surface area contributed by atoms with E-state index in [0.29, 0.717) is 40.1 Å². The molecule has 168 valence electrons. The molecule has 9 heteroatoms. The molecule has 0 aliphatic rings. The summed E-state index contributed by atoms with van der Waals surface area (Å²) < 4.78 is 24.2. The van der Waals surface area contributed by atoms with Crippen LogP contribution in [0.5, 0.6) is 11.5 Å². The summed E-state index contributed by atoms with van der Waals surface area (Å²) in [7, 11) is 3.17. The summed E-state index contributed by atoms with van der Waals surface area (Å²) in [4.78, 5) is 28.8. The first-order valence-corrected chi connectivity index (χ1v) is 11.7. The van der Waals surface area contributed by atoms with E-state index in [1.165, 1.54) is 47.4 Å². The predicted octanol–water partition coefficient (Wildman–Crippen LogP) is 4.18. The number of benzene rings is 2. The maximum Gasteiger partial charge on any atom is 0.226 e. The Morgan fingerprint density at radius 2 is 1.84 bits per heavy atom. The van der Waals surface area contributed by atoms with Gasteiger partial charge in [-0.05, 0) is 48.4 Å². The second-order valence-corrected chi connectivity index (χ2v) is 8.87.